The molecule has 0 saturated carbocycles. The normalized spacial score (nSPS) is 19.3. The van der Waals surface area contributed by atoms with Crippen LogP contribution in [0, 0.1) is 0 Å². The number of likely N-dealkylation sites (N-methyl/N-ethyl adjacent to an activating group) is 1. The standard InChI is InChI=1S/C15H19NO3/c1-16-14(11-4-3-7-17-10-11)12-5-2-6-13-15(12)19-9-8-18-13/h2,5-6,10,14,16H,3-4,7-9H2,1H3. The third-order valence-electron chi connectivity index (χ3n) is 3.53. The largest absolute Gasteiger partial charge is 0.501 e. The van der Waals surface area contributed by atoms with Crippen LogP contribution in [0.15, 0.2) is 30.0 Å². The molecule has 0 spiro atoms. The lowest BCUT2D eigenvalue weighted by atomic mass is 9.94. The van der Waals surface area contributed by atoms with Gasteiger partial charge in [-0.2, -0.15) is 0 Å². The van der Waals surface area contributed by atoms with Gasteiger partial charge in [0.1, 0.15) is 13.2 Å². The van der Waals surface area contributed by atoms with Crippen LogP contribution in [0.25, 0.3) is 0 Å². The van der Waals surface area contributed by atoms with Crippen molar-refractivity contribution < 1.29 is 14.2 Å². The average Bonchev–Trinajstić information content (AvgIpc) is 2.49. The first kappa shape index (κ1) is 12.4. The fraction of sp³-hybridized carbons (Fsp3) is 0.467. The van der Waals surface area contributed by atoms with E-state index < -0.39 is 0 Å². The zero-order valence-corrected chi connectivity index (χ0v) is 11.1. The first-order valence-corrected chi connectivity index (χ1v) is 6.76. The number of hydrogen-bond acceptors (Lipinski definition) is 4. The summed E-state index contributed by atoms with van der Waals surface area (Å²) in [7, 11) is 1.96. The summed E-state index contributed by atoms with van der Waals surface area (Å²) in [6.45, 7) is 2.04. The molecular formula is C15H19NO3. The highest BCUT2D eigenvalue weighted by Gasteiger charge is 2.24. The van der Waals surface area contributed by atoms with Gasteiger partial charge in [-0.3, -0.25) is 0 Å². The molecule has 2 aliphatic heterocycles. The van der Waals surface area contributed by atoms with Gasteiger partial charge in [0.2, 0.25) is 0 Å². The van der Waals surface area contributed by atoms with Gasteiger partial charge in [0.05, 0.1) is 18.9 Å². The van der Waals surface area contributed by atoms with Crippen molar-refractivity contribution in [3.8, 4) is 11.5 Å². The van der Waals surface area contributed by atoms with E-state index in [0.717, 1.165) is 36.5 Å². The van der Waals surface area contributed by atoms with Gasteiger partial charge in [0.25, 0.3) is 0 Å². The molecule has 0 fully saturated rings. The van der Waals surface area contributed by atoms with Crippen molar-refractivity contribution in [2.75, 3.05) is 26.9 Å². The Hall–Kier alpha value is -1.68. The van der Waals surface area contributed by atoms with Gasteiger partial charge in [-0.05, 0) is 31.5 Å². The van der Waals surface area contributed by atoms with Crippen LogP contribution in [0.2, 0.25) is 0 Å². The van der Waals surface area contributed by atoms with E-state index in [2.05, 4.69) is 11.4 Å². The number of rotatable bonds is 3. The molecule has 4 heteroatoms. The van der Waals surface area contributed by atoms with E-state index in [0.29, 0.717) is 13.2 Å². The molecule has 2 heterocycles. The number of hydrogen-bond donors (Lipinski definition) is 1. The number of ether oxygens (including phenoxy) is 3. The van der Waals surface area contributed by atoms with Crippen molar-refractivity contribution in [3.63, 3.8) is 0 Å². The maximum absolute atomic E-state index is 5.80. The van der Waals surface area contributed by atoms with Gasteiger partial charge in [0.15, 0.2) is 11.5 Å². The van der Waals surface area contributed by atoms with Gasteiger partial charge < -0.3 is 19.5 Å². The minimum Gasteiger partial charge on any atom is -0.501 e. The van der Waals surface area contributed by atoms with Crippen LogP contribution in [0.4, 0.5) is 0 Å². The summed E-state index contributed by atoms with van der Waals surface area (Å²) in [5.74, 6) is 1.70. The van der Waals surface area contributed by atoms with E-state index >= 15 is 0 Å². The Balaban J connectivity index is 1.97. The molecular weight excluding hydrogens is 242 g/mol. The summed E-state index contributed by atoms with van der Waals surface area (Å²) in [6, 6.07) is 6.18. The minimum atomic E-state index is 0.122. The predicted molar refractivity (Wildman–Crippen MR) is 72.5 cm³/mol. The van der Waals surface area contributed by atoms with Crippen molar-refractivity contribution >= 4 is 0 Å². The van der Waals surface area contributed by atoms with Crippen molar-refractivity contribution in [1.29, 1.82) is 0 Å². The minimum absolute atomic E-state index is 0.122. The maximum atomic E-state index is 5.80. The molecule has 0 radical (unpaired) electrons. The fourth-order valence-electron chi connectivity index (χ4n) is 2.66. The van der Waals surface area contributed by atoms with Crippen LogP contribution in [-0.4, -0.2) is 26.9 Å². The molecule has 19 heavy (non-hydrogen) atoms. The first-order valence-electron chi connectivity index (χ1n) is 6.76. The monoisotopic (exact) mass is 261 g/mol. The van der Waals surface area contributed by atoms with Crippen LogP contribution < -0.4 is 14.8 Å². The van der Waals surface area contributed by atoms with Crippen molar-refractivity contribution in [3.05, 3.63) is 35.6 Å². The second kappa shape index (κ2) is 5.53. The van der Waals surface area contributed by atoms with Gasteiger partial charge in [-0.1, -0.05) is 12.1 Å². The van der Waals surface area contributed by atoms with Gasteiger partial charge >= 0.3 is 0 Å². The molecule has 4 nitrogen and oxygen atoms in total. The zero-order valence-electron chi connectivity index (χ0n) is 11.1. The molecule has 2 aliphatic rings. The van der Waals surface area contributed by atoms with Gasteiger partial charge in [0, 0.05) is 5.56 Å². The Kier molecular flexibility index (Phi) is 3.60. The number of fused-ring (bicyclic) bond motifs is 1. The van der Waals surface area contributed by atoms with Crippen LogP contribution in [0.1, 0.15) is 24.4 Å². The highest BCUT2D eigenvalue weighted by molar-refractivity contribution is 5.50. The fourth-order valence-corrected chi connectivity index (χ4v) is 2.66. The molecule has 102 valence electrons. The highest BCUT2D eigenvalue weighted by atomic mass is 16.6. The van der Waals surface area contributed by atoms with E-state index in [4.69, 9.17) is 14.2 Å². The molecule has 0 bridgehead atoms. The Bertz CT molecular complexity index is 484. The van der Waals surface area contributed by atoms with E-state index in [1.165, 1.54) is 5.57 Å². The van der Waals surface area contributed by atoms with Crippen molar-refractivity contribution in [2.24, 2.45) is 0 Å². The quantitative estimate of drug-likeness (QED) is 0.907. The molecule has 0 aromatic heterocycles. The van der Waals surface area contributed by atoms with E-state index in [9.17, 15) is 0 Å². The number of nitrogens with one attached hydrogen (secondary N) is 1. The molecule has 0 aliphatic carbocycles. The molecule has 3 rings (SSSR count). The molecule has 1 unspecified atom stereocenters. The third kappa shape index (κ3) is 2.40. The van der Waals surface area contributed by atoms with Gasteiger partial charge in [-0.15, -0.1) is 0 Å². The molecule has 1 aromatic rings. The summed E-state index contributed by atoms with van der Waals surface area (Å²) in [4.78, 5) is 0. The third-order valence-corrected chi connectivity index (χ3v) is 3.53. The predicted octanol–water partition coefficient (Wildman–Crippen LogP) is 2.41. The van der Waals surface area contributed by atoms with Crippen LogP contribution in [0.3, 0.4) is 0 Å². The number of benzene rings is 1. The van der Waals surface area contributed by atoms with Crippen molar-refractivity contribution in [1.82, 2.24) is 5.32 Å². The Labute approximate surface area is 113 Å². The lowest BCUT2D eigenvalue weighted by Gasteiger charge is -2.27. The molecule has 0 amide bonds. The smallest absolute Gasteiger partial charge is 0.166 e. The Morgan fingerprint density at radius 2 is 2.05 bits per heavy atom. The van der Waals surface area contributed by atoms with Crippen LogP contribution >= 0.6 is 0 Å². The van der Waals surface area contributed by atoms with E-state index in [1.54, 1.807) is 0 Å². The molecule has 1 aromatic carbocycles. The molecule has 1 N–H and O–H groups in total. The van der Waals surface area contributed by atoms with Crippen LogP contribution in [-0.2, 0) is 4.74 Å². The summed E-state index contributed by atoms with van der Waals surface area (Å²) >= 11 is 0. The lowest BCUT2D eigenvalue weighted by molar-refractivity contribution is 0.168. The summed E-state index contributed by atoms with van der Waals surface area (Å²) in [5, 5.41) is 3.35. The second-order valence-corrected chi connectivity index (χ2v) is 4.76. The average molecular weight is 261 g/mol. The molecule has 1 atom stereocenters. The lowest BCUT2D eigenvalue weighted by Crippen LogP contribution is -2.24. The topological polar surface area (TPSA) is 39.7 Å². The highest BCUT2D eigenvalue weighted by Crippen LogP contribution is 2.40. The Morgan fingerprint density at radius 1 is 1.16 bits per heavy atom. The van der Waals surface area contributed by atoms with Crippen molar-refractivity contribution in [2.45, 2.75) is 18.9 Å². The second-order valence-electron chi connectivity index (χ2n) is 4.76. The van der Waals surface area contributed by atoms with E-state index in [1.807, 2.05) is 25.4 Å². The SMILES string of the molecule is CNC(C1=COCCC1)c1cccc2c1OCCO2. The molecule has 0 saturated heterocycles. The zero-order chi connectivity index (χ0) is 13.1. The summed E-state index contributed by atoms with van der Waals surface area (Å²) in [5.41, 5.74) is 2.38. The number of para-hydroxylation sites is 1. The van der Waals surface area contributed by atoms with Crippen LogP contribution in [0.5, 0.6) is 11.5 Å². The summed E-state index contributed by atoms with van der Waals surface area (Å²) < 4.78 is 16.9. The summed E-state index contributed by atoms with van der Waals surface area (Å²) in [6.07, 6.45) is 4.00. The first-order chi connectivity index (χ1) is 9.40. The van der Waals surface area contributed by atoms with Gasteiger partial charge in [-0.25, -0.2) is 0 Å². The maximum Gasteiger partial charge on any atom is 0.166 e. The van der Waals surface area contributed by atoms with E-state index in [-0.39, 0.29) is 6.04 Å². The Morgan fingerprint density at radius 3 is 2.84 bits per heavy atom.